The van der Waals surface area contributed by atoms with Gasteiger partial charge in [0.05, 0.1) is 12.1 Å². The van der Waals surface area contributed by atoms with Crippen molar-refractivity contribution < 1.29 is 14.0 Å². The average molecular weight is 567 g/mol. The Morgan fingerprint density at radius 2 is 1.88 bits per heavy atom. The fourth-order valence-corrected chi connectivity index (χ4v) is 3.79. The van der Waals surface area contributed by atoms with Crippen LogP contribution >= 0.6 is 0 Å². The predicted molar refractivity (Wildman–Crippen MR) is 169 cm³/mol. The Bertz CT molecular complexity index is 1160. The summed E-state index contributed by atoms with van der Waals surface area (Å²) in [6, 6.07) is 14.4. The van der Waals surface area contributed by atoms with Gasteiger partial charge in [0.2, 0.25) is 5.91 Å². The Labute approximate surface area is 245 Å². The van der Waals surface area contributed by atoms with E-state index in [1.165, 1.54) is 6.42 Å². The van der Waals surface area contributed by atoms with Crippen LogP contribution < -0.4 is 21.4 Å². The van der Waals surface area contributed by atoms with Crippen LogP contribution in [-0.2, 0) is 17.9 Å². The van der Waals surface area contributed by atoms with Crippen molar-refractivity contribution in [1.82, 2.24) is 15.5 Å². The number of alkyl halides is 1. The lowest BCUT2D eigenvalue weighted by atomic mass is 10.0. The standard InChI is InChI=1S/C27H33FN6O2.C3H8.C2H6/c1-19(18-34(3)26(35)15-22-7-4-5-8-25(22)36-29)23(33-27-31-13-6-14-32-27)16-24(30-2)21-11-9-20(17-28)10-12-21;1-3-2;1-2/h4-14,16,19,27,31,33H,15,17-18,29H2,1-3H3;3H2,1-2H3;1-2H3/b23-16-,30-24?;;. The van der Waals surface area contributed by atoms with Gasteiger partial charge in [0, 0.05) is 50.2 Å². The Morgan fingerprint density at radius 1 is 1.22 bits per heavy atom. The lowest BCUT2D eigenvalue weighted by molar-refractivity contribution is -0.129. The third-order valence-electron chi connectivity index (χ3n) is 5.86. The summed E-state index contributed by atoms with van der Waals surface area (Å²) < 4.78 is 13.0. The van der Waals surface area contributed by atoms with Crippen LogP contribution in [0.3, 0.4) is 0 Å². The van der Waals surface area contributed by atoms with E-state index in [1.807, 2.05) is 63.4 Å². The molecule has 0 bridgehead atoms. The Balaban J connectivity index is 0.00000157. The van der Waals surface area contributed by atoms with Gasteiger partial charge in [-0.05, 0) is 29.3 Å². The fourth-order valence-electron chi connectivity index (χ4n) is 3.79. The zero-order valence-electron chi connectivity index (χ0n) is 25.5. The van der Waals surface area contributed by atoms with Gasteiger partial charge < -0.3 is 20.4 Å². The van der Waals surface area contributed by atoms with Crippen molar-refractivity contribution in [2.75, 3.05) is 20.6 Å². The summed E-state index contributed by atoms with van der Waals surface area (Å²) in [6.07, 6.45) is 8.35. The summed E-state index contributed by atoms with van der Waals surface area (Å²) in [4.78, 5) is 28.4. The van der Waals surface area contributed by atoms with Crippen LogP contribution in [-0.4, -0.2) is 49.7 Å². The first-order valence-electron chi connectivity index (χ1n) is 14.1. The highest BCUT2D eigenvalue weighted by molar-refractivity contribution is 6.09. The third-order valence-corrected chi connectivity index (χ3v) is 5.86. The molecule has 4 N–H and O–H groups in total. The van der Waals surface area contributed by atoms with E-state index in [4.69, 9.17) is 10.7 Å². The van der Waals surface area contributed by atoms with Crippen LogP contribution in [0.2, 0.25) is 0 Å². The van der Waals surface area contributed by atoms with Crippen molar-refractivity contribution >= 4 is 17.8 Å². The Morgan fingerprint density at radius 3 is 2.44 bits per heavy atom. The molecule has 224 valence electrons. The van der Waals surface area contributed by atoms with Gasteiger partial charge >= 0.3 is 0 Å². The number of nitrogens with zero attached hydrogens (tertiary/aromatic N) is 3. The molecule has 0 aromatic heterocycles. The highest BCUT2D eigenvalue weighted by atomic mass is 19.1. The van der Waals surface area contributed by atoms with Crippen molar-refractivity contribution in [3.8, 4) is 5.75 Å². The number of nitrogens with two attached hydrogens (primary N) is 1. The molecule has 1 amide bonds. The minimum absolute atomic E-state index is 0.0614. The number of halogens is 1. The van der Waals surface area contributed by atoms with Crippen molar-refractivity contribution in [3.63, 3.8) is 0 Å². The smallest absolute Gasteiger partial charge is 0.226 e. The second kappa shape index (κ2) is 20.0. The minimum Gasteiger partial charge on any atom is -0.411 e. The van der Waals surface area contributed by atoms with E-state index in [-0.39, 0.29) is 24.5 Å². The molecule has 1 aliphatic heterocycles. The lowest BCUT2D eigenvalue weighted by Crippen LogP contribution is -2.42. The van der Waals surface area contributed by atoms with Gasteiger partial charge in [-0.1, -0.05) is 83.5 Å². The molecular formula is C32H47FN6O2. The molecule has 1 aliphatic rings. The molecule has 2 atom stereocenters. The van der Waals surface area contributed by atoms with Crippen molar-refractivity contribution in [2.24, 2.45) is 21.8 Å². The number of hydrogen-bond donors (Lipinski definition) is 3. The van der Waals surface area contributed by atoms with E-state index >= 15 is 0 Å². The summed E-state index contributed by atoms with van der Waals surface area (Å²) in [7, 11) is 3.48. The molecule has 8 nitrogen and oxygen atoms in total. The van der Waals surface area contributed by atoms with Crippen molar-refractivity contribution in [3.05, 3.63) is 89.3 Å². The first kappa shape index (κ1) is 35.0. The summed E-state index contributed by atoms with van der Waals surface area (Å²) in [6.45, 7) is 10.2. The summed E-state index contributed by atoms with van der Waals surface area (Å²) in [5.41, 5.74) is 3.78. The molecule has 0 radical (unpaired) electrons. The molecule has 0 aliphatic carbocycles. The quantitative estimate of drug-likeness (QED) is 0.244. The number of amides is 1. The van der Waals surface area contributed by atoms with E-state index in [0.29, 0.717) is 17.9 Å². The zero-order valence-corrected chi connectivity index (χ0v) is 25.5. The number of carbonyl (C=O) groups excluding carboxylic acids is 1. The van der Waals surface area contributed by atoms with Crippen molar-refractivity contribution in [1.29, 1.82) is 0 Å². The van der Waals surface area contributed by atoms with E-state index < -0.39 is 6.67 Å². The number of likely N-dealkylation sites (N-methyl/N-ethyl adjacent to an activating group) is 1. The molecule has 0 spiro atoms. The fraction of sp³-hybridized carbons (Fsp3) is 0.406. The minimum atomic E-state index is -0.514. The van der Waals surface area contributed by atoms with Gasteiger partial charge in [0.15, 0.2) is 12.0 Å². The first-order chi connectivity index (χ1) is 19.9. The van der Waals surface area contributed by atoms with Crippen LogP contribution in [0.4, 0.5) is 4.39 Å². The van der Waals surface area contributed by atoms with Gasteiger partial charge in [-0.2, -0.15) is 5.90 Å². The largest absolute Gasteiger partial charge is 0.411 e. The second-order valence-electron chi connectivity index (χ2n) is 9.19. The summed E-state index contributed by atoms with van der Waals surface area (Å²) in [5.74, 6) is 5.68. The molecule has 2 aromatic rings. The zero-order chi connectivity index (χ0) is 30.6. The van der Waals surface area contributed by atoms with Crippen LogP contribution in [0.1, 0.15) is 57.7 Å². The first-order valence-corrected chi connectivity index (χ1v) is 14.1. The average Bonchev–Trinajstić information content (AvgIpc) is 3.01. The van der Waals surface area contributed by atoms with Crippen LogP contribution in [0.5, 0.6) is 5.75 Å². The summed E-state index contributed by atoms with van der Waals surface area (Å²) >= 11 is 0. The molecule has 41 heavy (non-hydrogen) atoms. The molecule has 0 saturated heterocycles. The topological polar surface area (TPSA) is 104 Å². The number of rotatable bonds is 11. The number of carbonyl (C=O) groups is 1. The number of allylic oxidation sites excluding steroid dienone is 2. The second-order valence-corrected chi connectivity index (χ2v) is 9.19. The maximum Gasteiger partial charge on any atom is 0.226 e. The Kier molecular flexibility index (Phi) is 17.1. The number of aliphatic imine (C=N–C) groups is 2. The lowest BCUT2D eigenvalue weighted by Gasteiger charge is -2.27. The Hall–Kier alpha value is -3.98. The van der Waals surface area contributed by atoms with Gasteiger partial charge in [-0.3, -0.25) is 9.79 Å². The van der Waals surface area contributed by atoms with E-state index in [0.717, 1.165) is 22.5 Å². The van der Waals surface area contributed by atoms with E-state index in [9.17, 15) is 9.18 Å². The maximum absolute atomic E-state index is 13.0. The van der Waals surface area contributed by atoms with Gasteiger partial charge in [0.25, 0.3) is 0 Å². The monoisotopic (exact) mass is 566 g/mol. The molecule has 0 saturated carbocycles. The maximum atomic E-state index is 13.0. The normalized spacial score (nSPS) is 14.9. The predicted octanol–water partition coefficient (Wildman–Crippen LogP) is 5.55. The SMILES string of the molecule is CC.CCC.CN=C(/C=C(\NC1N=CC=CN1)C(C)CN(C)C(=O)Cc1ccccc1ON)c1ccc(CF)cc1. The molecule has 2 unspecified atom stereocenters. The molecule has 1 heterocycles. The number of para-hydroxylation sites is 1. The highest BCUT2D eigenvalue weighted by Crippen LogP contribution is 2.19. The molecule has 3 rings (SSSR count). The van der Waals surface area contributed by atoms with Gasteiger partial charge in [-0.25, -0.2) is 9.38 Å². The molecule has 9 heteroatoms. The number of nitrogens with one attached hydrogen (secondary N) is 2. The third kappa shape index (κ3) is 12.0. The van der Waals surface area contributed by atoms with Gasteiger partial charge in [0.1, 0.15) is 6.67 Å². The molecule has 2 aromatic carbocycles. The summed E-state index contributed by atoms with van der Waals surface area (Å²) in [5, 5.41) is 6.56. The molecule has 0 fully saturated rings. The van der Waals surface area contributed by atoms with Crippen molar-refractivity contribution in [2.45, 2.75) is 60.4 Å². The van der Waals surface area contributed by atoms with Gasteiger partial charge in [-0.15, -0.1) is 0 Å². The van der Waals surface area contributed by atoms with E-state index in [1.54, 1.807) is 49.5 Å². The van der Waals surface area contributed by atoms with Crippen LogP contribution in [0, 0.1) is 5.92 Å². The van der Waals surface area contributed by atoms with Crippen LogP contribution in [0.25, 0.3) is 0 Å². The number of benzene rings is 2. The number of hydrogen-bond acceptors (Lipinski definition) is 7. The highest BCUT2D eigenvalue weighted by Gasteiger charge is 2.20. The van der Waals surface area contributed by atoms with Crippen LogP contribution in [0.15, 0.2) is 82.6 Å². The van der Waals surface area contributed by atoms with E-state index in [2.05, 4.69) is 34.5 Å². The molecular weight excluding hydrogens is 519 g/mol.